The summed E-state index contributed by atoms with van der Waals surface area (Å²) >= 11 is 0. The monoisotopic (exact) mass is 464 g/mol. The van der Waals surface area contributed by atoms with Crippen molar-refractivity contribution in [1.29, 1.82) is 0 Å². The maximum Gasteiger partial charge on any atom is 0.258 e. The van der Waals surface area contributed by atoms with E-state index < -0.39 is 6.04 Å². The van der Waals surface area contributed by atoms with Crippen LogP contribution in [-0.4, -0.2) is 42.7 Å². The first-order chi connectivity index (χ1) is 16.3. The number of carbonyl (C=O) groups is 2. The van der Waals surface area contributed by atoms with Crippen LogP contribution in [0.25, 0.3) is 0 Å². The molecular weight excluding hydrogens is 432 g/mol. The fraction of sp³-hybridized carbons (Fsp3) is 0.407. The Hall–Kier alpha value is -3.48. The summed E-state index contributed by atoms with van der Waals surface area (Å²) in [7, 11) is 1.67. The second kappa shape index (κ2) is 10.2. The molecule has 0 bridgehead atoms. The maximum absolute atomic E-state index is 13.5. The van der Waals surface area contributed by atoms with Crippen molar-refractivity contribution in [3.63, 3.8) is 0 Å². The zero-order valence-electron chi connectivity index (χ0n) is 20.1. The molecule has 2 heterocycles. The molecular formula is C27H32N2O5. The number of nitrogens with one attached hydrogen (secondary N) is 1. The predicted molar refractivity (Wildman–Crippen MR) is 129 cm³/mol. The Labute approximate surface area is 200 Å². The van der Waals surface area contributed by atoms with Crippen LogP contribution < -0.4 is 19.5 Å². The number of amides is 2. The molecule has 0 radical (unpaired) electrons. The summed E-state index contributed by atoms with van der Waals surface area (Å²) in [6, 6.07) is 12.0. The SMILES string of the molecule is CC(C)[C@@H]1C(=O)N[C@H](c2ccc3c(c2)OCO3)C/C=C\C[C@@H](C)Oc2ccccc2C(=O)N1C. The molecule has 0 aliphatic carbocycles. The van der Waals surface area contributed by atoms with Crippen molar-refractivity contribution >= 4 is 11.8 Å². The van der Waals surface area contributed by atoms with Crippen molar-refractivity contribution in [2.45, 2.75) is 51.8 Å². The number of hydrogen-bond donors (Lipinski definition) is 1. The summed E-state index contributed by atoms with van der Waals surface area (Å²) in [4.78, 5) is 28.5. The topological polar surface area (TPSA) is 77.1 Å². The minimum absolute atomic E-state index is 0.0955. The van der Waals surface area contributed by atoms with E-state index in [1.54, 1.807) is 19.2 Å². The average Bonchev–Trinajstić information content (AvgIpc) is 3.28. The van der Waals surface area contributed by atoms with E-state index in [4.69, 9.17) is 14.2 Å². The Morgan fingerprint density at radius 1 is 0.971 bits per heavy atom. The van der Waals surface area contributed by atoms with Crippen LogP contribution in [0.2, 0.25) is 0 Å². The quantitative estimate of drug-likeness (QED) is 0.663. The number of nitrogens with zero attached hydrogens (tertiary/aromatic N) is 1. The largest absolute Gasteiger partial charge is 0.490 e. The fourth-order valence-electron chi connectivity index (χ4n) is 4.44. The second-order valence-electron chi connectivity index (χ2n) is 9.15. The summed E-state index contributed by atoms with van der Waals surface area (Å²) in [6.07, 6.45) is 5.27. The standard InChI is InChI=1S/C27H32N2O5/c1-17(2)25-26(30)28-21(19-13-14-23-24(15-19)33-16-32-23)11-7-5-9-18(3)34-22-12-8-6-10-20(22)27(31)29(25)4/h5-8,10,12-15,17-18,21,25H,9,11,16H2,1-4H3,(H,28,30)/b7-5-/t18-,21+,25-/m1/s1. The smallest absolute Gasteiger partial charge is 0.258 e. The molecule has 0 saturated heterocycles. The molecule has 4 rings (SSSR count). The van der Waals surface area contributed by atoms with Gasteiger partial charge in [-0.05, 0) is 49.1 Å². The van der Waals surface area contributed by atoms with Gasteiger partial charge in [0.15, 0.2) is 11.5 Å². The van der Waals surface area contributed by atoms with Crippen molar-refractivity contribution in [2.24, 2.45) is 5.92 Å². The van der Waals surface area contributed by atoms with Crippen molar-refractivity contribution in [1.82, 2.24) is 10.2 Å². The normalized spacial score (nSPS) is 24.1. The third-order valence-electron chi connectivity index (χ3n) is 6.21. The molecule has 34 heavy (non-hydrogen) atoms. The molecule has 2 amide bonds. The van der Waals surface area contributed by atoms with Gasteiger partial charge in [0, 0.05) is 13.5 Å². The zero-order chi connectivity index (χ0) is 24.2. The van der Waals surface area contributed by atoms with E-state index in [0.29, 0.717) is 35.7 Å². The molecule has 2 aromatic carbocycles. The van der Waals surface area contributed by atoms with E-state index in [1.807, 2.05) is 51.1 Å². The molecule has 2 aliphatic rings. The molecule has 1 N–H and O–H groups in total. The number of likely N-dealkylation sites (N-methyl/N-ethyl adjacent to an activating group) is 1. The lowest BCUT2D eigenvalue weighted by atomic mass is 9.97. The number of benzene rings is 2. The minimum atomic E-state index is -0.651. The third-order valence-corrected chi connectivity index (χ3v) is 6.21. The first-order valence-corrected chi connectivity index (χ1v) is 11.7. The highest BCUT2D eigenvalue weighted by molar-refractivity contribution is 5.99. The summed E-state index contributed by atoms with van der Waals surface area (Å²) in [5, 5.41) is 3.18. The van der Waals surface area contributed by atoms with Gasteiger partial charge in [-0.25, -0.2) is 0 Å². The van der Waals surface area contributed by atoms with Crippen LogP contribution in [0, 0.1) is 5.92 Å². The van der Waals surface area contributed by atoms with Crippen LogP contribution in [0.5, 0.6) is 17.2 Å². The van der Waals surface area contributed by atoms with Gasteiger partial charge in [0.2, 0.25) is 12.7 Å². The number of carbonyl (C=O) groups excluding carboxylic acids is 2. The molecule has 3 atom stereocenters. The second-order valence-corrected chi connectivity index (χ2v) is 9.15. The summed E-state index contributed by atoms with van der Waals surface area (Å²) in [6.45, 7) is 6.06. The lowest BCUT2D eigenvalue weighted by Crippen LogP contribution is -2.51. The Balaban J connectivity index is 1.69. The highest BCUT2D eigenvalue weighted by Crippen LogP contribution is 2.35. The number of ether oxygens (including phenoxy) is 3. The Bertz CT molecular complexity index is 1080. The number of hydrogen-bond acceptors (Lipinski definition) is 5. The van der Waals surface area contributed by atoms with Gasteiger partial charge in [-0.15, -0.1) is 0 Å². The van der Waals surface area contributed by atoms with E-state index in [-0.39, 0.29) is 36.7 Å². The van der Waals surface area contributed by atoms with Gasteiger partial charge in [0.25, 0.3) is 5.91 Å². The van der Waals surface area contributed by atoms with Crippen LogP contribution in [0.3, 0.4) is 0 Å². The van der Waals surface area contributed by atoms with Gasteiger partial charge in [-0.3, -0.25) is 9.59 Å². The summed E-state index contributed by atoms with van der Waals surface area (Å²) < 4.78 is 17.1. The third kappa shape index (κ3) is 5.03. The number of fused-ring (bicyclic) bond motifs is 2. The van der Waals surface area contributed by atoms with E-state index in [0.717, 1.165) is 5.56 Å². The van der Waals surface area contributed by atoms with Crippen molar-refractivity contribution in [2.75, 3.05) is 13.8 Å². The predicted octanol–water partition coefficient (Wildman–Crippen LogP) is 4.49. The van der Waals surface area contributed by atoms with Crippen LogP contribution in [0.4, 0.5) is 0 Å². The molecule has 2 aliphatic heterocycles. The van der Waals surface area contributed by atoms with Crippen LogP contribution in [-0.2, 0) is 4.79 Å². The van der Waals surface area contributed by atoms with Crippen molar-refractivity contribution < 1.29 is 23.8 Å². The molecule has 7 nitrogen and oxygen atoms in total. The van der Waals surface area contributed by atoms with Crippen LogP contribution >= 0.6 is 0 Å². The van der Waals surface area contributed by atoms with Crippen LogP contribution in [0.1, 0.15) is 55.6 Å². The molecule has 0 unspecified atom stereocenters. The first-order valence-electron chi connectivity index (χ1n) is 11.7. The van der Waals surface area contributed by atoms with Crippen molar-refractivity contribution in [3.05, 3.63) is 65.7 Å². The van der Waals surface area contributed by atoms with E-state index in [1.165, 1.54) is 4.90 Å². The minimum Gasteiger partial charge on any atom is -0.490 e. The molecule has 7 heteroatoms. The average molecular weight is 465 g/mol. The van der Waals surface area contributed by atoms with Gasteiger partial charge in [-0.1, -0.05) is 44.2 Å². The van der Waals surface area contributed by atoms with Gasteiger partial charge in [-0.2, -0.15) is 0 Å². The van der Waals surface area contributed by atoms with E-state index in [2.05, 4.69) is 17.5 Å². The highest BCUT2D eigenvalue weighted by Gasteiger charge is 2.33. The summed E-state index contributed by atoms with van der Waals surface area (Å²) in [5.41, 5.74) is 1.36. The Morgan fingerprint density at radius 2 is 1.71 bits per heavy atom. The summed E-state index contributed by atoms with van der Waals surface area (Å²) in [5.74, 6) is 1.35. The highest BCUT2D eigenvalue weighted by atomic mass is 16.7. The van der Waals surface area contributed by atoms with Crippen LogP contribution in [0.15, 0.2) is 54.6 Å². The van der Waals surface area contributed by atoms with Gasteiger partial charge in [0.1, 0.15) is 11.8 Å². The lowest BCUT2D eigenvalue weighted by Gasteiger charge is -2.32. The Morgan fingerprint density at radius 3 is 2.50 bits per heavy atom. The zero-order valence-corrected chi connectivity index (χ0v) is 20.1. The number of para-hydroxylation sites is 1. The first kappa shape index (κ1) is 23.7. The van der Waals surface area contributed by atoms with Gasteiger partial charge < -0.3 is 24.4 Å². The molecule has 0 spiro atoms. The molecule has 180 valence electrons. The maximum atomic E-state index is 13.5. The van der Waals surface area contributed by atoms with E-state index >= 15 is 0 Å². The molecule has 0 aromatic heterocycles. The fourth-order valence-corrected chi connectivity index (χ4v) is 4.44. The van der Waals surface area contributed by atoms with E-state index in [9.17, 15) is 9.59 Å². The van der Waals surface area contributed by atoms with Gasteiger partial charge in [0.05, 0.1) is 17.7 Å². The number of rotatable bonds is 2. The Kier molecular flexibility index (Phi) is 7.10. The lowest BCUT2D eigenvalue weighted by molar-refractivity contribution is -0.127. The van der Waals surface area contributed by atoms with Crippen molar-refractivity contribution in [3.8, 4) is 17.2 Å². The molecule has 2 aromatic rings. The molecule has 0 saturated carbocycles. The molecule has 0 fully saturated rings. The van der Waals surface area contributed by atoms with Gasteiger partial charge >= 0.3 is 0 Å².